The molecule has 17 heavy (non-hydrogen) atoms. The van der Waals surface area contributed by atoms with E-state index in [1.54, 1.807) is 0 Å². The standard InChI is InChI=1S/C16H21F/c1-2-3-4-13-5-7-14(8-6-13)15-9-11-16(17)12-10-15/h3-8,15-16H,2,9-12H2,1H3/t15-,16-. The van der Waals surface area contributed by atoms with Crippen LogP contribution in [0.5, 0.6) is 0 Å². The van der Waals surface area contributed by atoms with Crippen LogP contribution in [0.4, 0.5) is 4.39 Å². The fraction of sp³-hybridized carbons (Fsp3) is 0.500. The molecule has 0 spiro atoms. The highest BCUT2D eigenvalue weighted by Crippen LogP contribution is 2.34. The lowest BCUT2D eigenvalue weighted by Crippen LogP contribution is -2.13. The first-order chi connectivity index (χ1) is 8.29. The van der Waals surface area contributed by atoms with Gasteiger partial charge in [0.25, 0.3) is 0 Å². The van der Waals surface area contributed by atoms with E-state index >= 15 is 0 Å². The number of hydrogen-bond acceptors (Lipinski definition) is 0. The van der Waals surface area contributed by atoms with Gasteiger partial charge in [0.05, 0.1) is 0 Å². The van der Waals surface area contributed by atoms with Crippen molar-refractivity contribution in [2.45, 2.75) is 51.1 Å². The maximum atomic E-state index is 13.1. The van der Waals surface area contributed by atoms with E-state index in [0.29, 0.717) is 5.92 Å². The van der Waals surface area contributed by atoms with Crippen molar-refractivity contribution in [2.75, 3.05) is 0 Å². The molecular formula is C16H21F. The molecule has 0 unspecified atom stereocenters. The van der Waals surface area contributed by atoms with Crippen LogP contribution < -0.4 is 0 Å². The summed E-state index contributed by atoms with van der Waals surface area (Å²) in [4.78, 5) is 0. The smallest absolute Gasteiger partial charge is 0.100 e. The van der Waals surface area contributed by atoms with Gasteiger partial charge in [0.15, 0.2) is 0 Å². The van der Waals surface area contributed by atoms with Crippen LogP contribution in [0.2, 0.25) is 0 Å². The van der Waals surface area contributed by atoms with Crippen molar-refractivity contribution in [1.29, 1.82) is 0 Å². The molecule has 1 aromatic rings. The first kappa shape index (κ1) is 12.3. The van der Waals surface area contributed by atoms with E-state index in [0.717, 1.165) is 32.1 Å². The third-order valence-corrected chi connectivity index (χ3v) is 3.61. The number of rotatable bonds is 3. The fourth-order valence-electron chi connectivity index (χ4n) is 2.52. The second-order valence-electron chi connectivity index (χ2n) is 4.93. The molecule has 0 nitrogen and oxygen atoms in total. The molecule has 0 N–H and O–H groups in total. The predicted octanol–water partition coefficient (Wildman–Crippen LogP) is 5.11. The molecule has 0 atom stereocenters. The lowest BCUT2D eigenvalue weighted by atomic mass is 9.83. The Labute approximate surface area is 104 Å². The van der Waals surface area contributed by atoms with E-state index in [-0.39, 0.29) is 0 Å². The van der Waals surface area contributed by atoms with Crippen molar-refractivity contribution in [3.8, 4) is 0 Å². The van der Waals surface area contributed by atoms with Gasteiger partial charge < -0.3 is 0 Å². The highest BCUT2D eigenvalue weighted by molar-refractivity contribution is 5.49. The van der Waals surface area contributed by atoms with Gasteiger partial charge in [-0.2, -0.15) is 0 Å². The largest absolute Gasteiger partial charge is 0.247 e. The van der Waals surface area contributed by atoms with Crippen LogP contribution in [0.3, 0.4) is 0 Å². The van der Waals surface area contributed by atoms with Crippen molar-refractivity contribution in [3.63, 3.8) is 0 Å². The summed E-state index contributed by atoms with van der Waals surface area (Å²) in [6.45, 7) is 2.14. The van der Waals surface area contributed by atoms with Crippen molar-refractivity contribution in [2.24, 2.45) is 0 Å². The molecule has 2 rings (SSSR count). The molecule has 0 radical (unpaired) electrons. The first-order valence-corrected chi connectivity index (χ1v) is 6.70. The van der Waals surface area contributed by atoms with Gasteiger partial charge in [-0.3, -0.25) is 0 Å². The summed E-state index contributed by atoms with van der Waals surface area (Å²) in [5.74, 6) is 0.575. The van der Waals surface area contributed by atoms with E-state index in [4.69, 9.17) is 0 Å². The fourth-order valence-corrected chi connectivity index (χ4v) is 2.52. The maximum Gasteiger partial charge on any atom is 0.100 e. The summed E-state index contributed by atoms with van der Waals surface area (Å²) in [6, 6.07) is 8.75. The maximum absolute atomic E-state index is 13.1. The van der Waals surface area contributed by atoms with Gasteiger partial charge in [-0.15, -0.1) is 0 Å². The van der Waals surface area contributed by atoms with E-state index in [1.807, 2.05) is 0 Å². The molecule has 0 bridgehead atoms. The van der Waals surface area contributed by atoms with E-state index in [9.17, 15) is 4.39 Å². The predicted molar refractivity (Wildman–Crippen MR) is 71.9 cm³/mol. The Balaban J connectivity index is 2.00. The quantitative estimate of drug-likeness (QED) is 0.679. The number of allylic oxidation sites excluding steroid dienone is 1. The van der Waals surface area contributed by atoms with Crippen molar-refractivity contribution in [1.82, 2.24) is 0 Å². The molecule has 1 saturated carbocycles. The molecule has 1 heteroatoms. The average Bonchev–Trinajstić information content (AvgIpc) is 2.38. The van der Waals surface area contributed by atoms with Crippen molar-refractivity contribution >= 4 is 6.08 Å². The summed E-state index contributed by atoms with van der Waals surface area (Å²) in [5, 5.41) is 0. The van der Waals surface area contributed by atoms with Gasteiger partial charge in [0.1, 0.15) is 6.17 Å². The third-order valence-electron chi connectivity index (χ3n) is 3.61. The minimum atomic E-state index is -0.557. The zero-order valence-electron chi connectivity index (χ0n) is 10.5. The summed E-state index contributed by atoms with van der Waals surface area (Å²) in [7, 11) is 0. The molecule has 92 valence electrons. The molecule has 0 amide bonds. The van der Waals surface area contributed by atoms with Crippen LogP contribution in [0.25, 0.3) is 6.08 Å². The van der Waals surface area contributed by atoms with Gasteiger partial charge in [-0.25, -0.2) is 4.39 Å². The molecule has 1 aliphatic rings. The highest BCUT2D eigenvalue weighted by Gasteiger charge is 2.21. The van der Waals surface area contributed by atoms with Crippen molar-refractivity contribution < 1.29 is 4.39 Å². The third kappa shape index (κ3) is 3.42. The normalized spacial score (nSPS) is 25.3. The number of benzene rings is 1. The van der Waals surface area contributed by atoms with Gasteiger partial charge in [0.2, 0.25) is 0 Å². The van der Waals surface area contributed by atoms with Gasteiger partial charge in [0, 0.05) is 0 Å². The van der Waals surface area contributed by atoms with Gasteiger partial charge in [-0.1, -0.05) is 43.3 Å². The van der Waals surface area contributed by atoms with Crippen LogP contribution in [0.15, 0.2) is 30.3 Å². The van der Waals surface area contributed by atoms with E-state index < -0.39 is 6.17 Å². The molecule has 1 fully saturated rings. The summed E-state index contributed by atoms with van der Waals surface area (Å²) in [6.07, 6.45) is 8.33. The van der Waals surface area contributed by atoms with E-state index in [2.05, 4.69) is 43.3 Å². The topological polar surface area (TPSA) is 0 Å². The SMILES string of the molecule is CCC=Cc1ccc([C@H]2CC[C@H](F)CC2)cc1. The molecule has 0 saturated heterocycles. The summed E-state index contributed by atoms with van der Waals surface area (Å²) < 4.78 is 13.1. The Morgan fingerprint density at radius 3 is 2.35 bits per heavy atom. The van der Waals surface area contributed by atoms with Gasteiger partial charge >= 0.3 is 0 Å². The highest BCUT2D eigenvalue weighted by atomic mass is 19.1. The number of alkyl halides is 1. The number of hydrogen-bond donors (Lipinski definition) is 0. The molecule has 0 aromatic heterocycles. The Morgan fingerprint density at radius 1 is 1.12 bits per heavy atom. The molecular weight excluding hydrogens is 211 g/mol. The molecule has 0 aliphatic heterocycles. The Kier molecular flexibility index (Phi) is 4.36. The molecule has 1 aliphatic carbocycles. The average molecular weight is 232 g/mol. The van der Waals surface area contributed by atoms with Crippen LogP contribution in [-0.2, 0) is 0 Å². The summed E-state index contributed by atoms with van der Waals surface area (Å²) >= 11 is 0. The minimum absolute atomic E-state index is 0.557. The van der Waals surface area contributed by atoms with Crippen LogP contribution in [0.1, 0.15) is 56.1 Å². The van der Waals surface area contributed by atoms with Crippen LogP contribution >= 0.6 is 0 Å². The zero-order chi connectivity index (χ0) is 12.1. The monoisotopic (exact) mass is 232 g/mol. The first-order valence-electron chi connectivity index (χ1n) is 6.70. The van der Waals surface area contributed by atoms with Gasteiger partial charge in [-0.05, 0) is 49.1 Å². The Hall–Kier alpha value is -1.11. The van der Waals surface area contributed by atoms with E-state index in [1.165, 1.54) is 11.1 Å². The zero-order valence-corrected chi connectivity index (χ0v) is 10.5. The molecule has 0 heterocycles. The summed E-state index contributed by atoms with van der Waals surface area (Å²) in [5.41, 5.74) is 2.64. The van der Waals surface area contributed by atoms with Crippen LogP contribution in [-0.4, -0.2) is 6.17 Å². The van der Waals surface area contributed by atoms with Crippen molar-refractivity contribution in [3.05, 3.63) is 41.5 Å². The Bertz CT molecular complexity index is 356. The second-order valence-corrected chi connectivity index (χ2v) is 4.93. The lowest BCUT2D eigenvalue weighted by molar-refractivity contribution is 0.235. The lowest BCUT2D eigenvalue weighted by Gasteiger charge is -2.24. The Morgan fingerprint density at radius 2 is 1.76 bits per heavy atom. The molecule has 1 aromatic carbocycles. The second kappa shape index (κ2) is 6.00. The van der Waals surface area contributed by atoms with Crippen LogP contribution in [0, 0.1) is 0 Å². The number of halogens is 1. The minimum Gasteiger partial charge on any atom is -0.247 e.